The van der Waals surface area contributed by atoms with Gasteiger partial charge in [-0.2, -0.15) is 4.99 Å². The van der Waals surface area contributed by atoms with Gasteiger partial charge in [-0.1, -0.05) is 29.8 Å². The Morgan fingerprint density at radius 1 is 1.19 bits per heavy atom. The number of halogens is 2. The Morgan fingerprint density at radius 3 is 2.38 bits per heavy atom. The maximum absolute atomic E-state index is 5.92. The molecule has 0 aliphatic rings. The van der Waals surface area contributed by atoms with E-state index in [1.807, 2.05) is 18.2 Å². The number of rotatable bonds is 2. The lowest BCUT2D eigenvalue weighted by Gasteiger charge is -1.99. The summed E-state index contributed by atoms with van der Waals surface area (Å²) in [5, 5.41) is 0.638. The van der Waals surface area contributed by atoms with Crippen molar-refractivity contribution >= 4 is 35.9 Å². The van der Waals surface area contributed by atoms with E-state index in [-0.39, 0.29) is 24.3 Å². The van der Waals surface area contributed by atoms with Gasteiger partial charge in [-0.05, 0) is 11.6 Å². The minimum atomic E-state index is -0.115. The molecule has 16 heavy (non-hydrogen) atoms. The molecule has 1 aromatic rings. The van der Waals surface area contributed by atoms with Gasteiger partial charge in [-0.25, -0.2) is 4.99 Å². The molecule has 0 amide bonds. The lowest BCUT2D eigenvalue weighted by atomic mass is 10.2. The van der Waals surface area contributed by atoms with Crippen molar-refractivity contribution in [2.24, 2.45) is 27.2 Å². The van der Waals surface area contributed by atoms with Crippen molar-refractivity contribution in [3.8, 4) is 0 Å². The predicted molar refractivity (Wildman–Crippen MR) is 69.8 cm³/mol. The van der Waals surface area contributed by atoms with E-state index in [2.05, 4.69) is 9.98 Å². The summed E-state index contributed by atoms with van der Waals surface area (Å²) >= 11 is 5.92. The van der Waals surface area contributed by atoms with Gasteiger partial charge in [-0.15, -0.1) is 12.4 Å². The molecule has 7 heteroatoms. The van der Waals surface area contributed by atoms with E-state index in [0.29, 0.717) is 11.6 Å². The van der Waals surface area contributed by atoms with Crippen LogP contribution in [0.4, 0.5) is 0 Å². The molecule has 88 valence electrons. The van der Waals surface area contributed by atoms with E-state index in [4.69, 9.17) is 28.8 Å². The van der Waals surface area contributed by atoms with Gasteiger partial charge in [0, 0.05) is 5.02 Å². The number of hydrogen-bond acceptors (Lipinski definition) is 1. The Hall–Kier alpha value is -1.46. The highest BCUT2D eigenvalue weighted by Crippen LogP contribution is 2.15. The van der Waals surface area contributed by atoms with Crippen molar-refractivity contribution in [1.82, 2.24) is 0 Å². The SMILES string of the molecule is Cl.NC(N)=NC(N)=NCc1ccccc1Cl. The molecular weight excluding hydrogens is 249 g/mol. The Bertz CT molecular complexity index is 399. The minimum Gasteiger partial charge on any atom is -0.370 e. The zero-order valence-electron chi connectivity index (χ0n) is 8.43. The summed E-state index contributed by atoms with van der Waals surface area (Å²) in [6.07, 6.45) is 0. The van der Waals surface area contributed by atoms with Crippen molar-refractivity contribution in [2.75, 3.05) is 0 Å². The summed E-state index contributed by atoms with van der Waals surface area (Å²) in [4.78, 5) is 7.54. The second kappa shape index (κ2) is 6.92. The summed E-state index contributed by atoms with van der Waals surface area (Å²) < 4.78 is 0. The Labute approximate surface area is 105 Å². The van der Waals surface area contributed by atoms with Gasteiger partial charge >= 0.3 is 0 Å². The molecule has 0 bridgehead atoms. The molecule has 1 aromatic carbocycles. The van der Waals surface area contributed by atoms with Crippen molar-refractivity contribution in [1.29, 1.82) is 0 Å². The van der Waals surface area contributed by atoms with Gasteiger partial charge in [0.1, 0.15) is 0 Å². The molecular formula is C9H13Cl2N5. The van der Waals surface area contributed by atoms with Crippen molar-refractivity contribution in [3.05, 3.63) is 34.9 Å². The van der Waals surface area contributed by atoms with Crippen LogP contribution in [-0.4, -0.2) is 11.9 Å². The van der Waals surface area contributed by atoms with E-state index >= 15 is 0 Å². The molecule has 0 unspecified atom stereocenters. The van der Waals surface area contributed by atoms with Crippen LogP contribution in [0, 0.1) is 0 Å². The predicted octanol–water partition coefficient (Wildman–Crippen LogP) is 0.850. The third-order valence-corrected chi connectivity index (χ3v) is 1.98. The smallest absolute Gasteiger partial charge is 0.218 e. The quantitative estimate of drug-likeness (QED) is 0.543. The Morgan fingerprint density at radius 2 is 1.81 bits per heavy atom. The molecule has 0 saturated heterocycles. The van der Waals surface area contributed by atoms with Crippen LogP contribution < -0.4 is 17.2 Å². The van der Waals surface area contributed by atoms with Crippen LogP contribution in [0.15, 0.2) is 34.3 Å². The first-order valence-corrected chi connectivity index (χ1v) is 4.60. The van der Waals surface area contributed by atoms with Crippen LogP contribution in [0.1, 0.15) is 5.56 Å². The summed E-state index contributed by atoms with van der Waals surface area (Å²) in [5.41, 5.74) is 16.6. The van der Waals surface area contributed by atoms with Crippen LogP contribution >= 0.6 is 24.0 Å². The average molecular weight is 262 g/mol. The molecule has 0 radical (unpaired) electrons. The second-order valence-electron chi connectivity index (χ2n) is 2.80. The molecule has 0 aliphatic heterocycles. The zero-order valence-corrected chi connectivity index (χ0v) is 10.0. The van der Waals surface area contributed by atoms with Gasteiger partial charge in [0.05, 0.1) is 6.54 Å². The normalized spacial score (nSPS) is 10.4. The van der Waals surface area contributed by atoms with E-state index < -0.39 is 0 Å². The molecule has 0 saturated carbocycles. The van der Waals surface area contributed by atoms with E-state index in [9.17, 15) is 0 Å². The molecule has 0 atom stereocenters. The van der Waals surface area contributed by atoms with Gasteiger partial charge < -0.3 is 17.2 Å². The second-order valence-corrected chi connectivity index (χ2v) is 3.21. The third kappa shape index (κ3) is 4.86. The standard InChI is InChI=1S/C9H12ClN5.ClH/c10-7-4-2-1-3-6(7)5-14-9(13)15-8(11)12;/h1-4H,5H2,(H6,11,12,13,14,15);1H. The number of nitrogens with two attached hydrogens (primary N) is 3. The van der Waals surface area contributed by atoms with Gasteiger partial charge in [0.15, 0.2) is 5.96 Å². The fourth-order valence-corrected chi connectivity index (χ4v) is 1.16. The maximum Gasteiger partial charge on any atom is 0.218 e. The molecule has 1 rings (SSSR count). The third-order valence-electron chi connectivity index (χ3n) is 1.61. The molecule has 0 aliphatic carbocycles. The number of guanidine groups is 2. The van der Waals surface area contributed by atoms with Crippen LogP contribution in [0.2, 0.25) is 5.02 Å². The van der Waals surface area contributed by atoms with Crippen LogP contribution in [0.5, 0.6) is 0 Å². The number of benzene rings is 1. The molecule has 6 N–H and O–H groups in total. The number of hydrogen-bond donors (Lipinski definition) is 3. The molecule has 0 fully saturated rings. The average Bonchev–Trinajstić information content (AvgIpc) is 2.15. The van der Waals surface area contributed by atoms with Crippen LogP contribution in [-0.2, 0) is 6.54 Å². The summed E-state index contributed by atoms with van der Waals surface area (Å²) in [5.74, 6) is -0.0784. The molecule has 0 heterocycles. The Kier molecular flexibility index (Phi) is 6.29. The first kappa shape index (κ1) is 14.5. The zero-order chi connectivity index (χ0) is 11.3. The largest absolute Gasteiger partial charge is 0.370 e. The van der Waals surface area contributed by atoms with Crippen molar-refractivity contribution in [2.45, 2.75) is 6.54 Å². The molecule has 5 nitrogen and oxygen atoms in total. The molecule has 0 aromatic heterocycles. The van der Waals surface area contributed by atoms with E-state index in [0.717, 1.165) is 5.56 Å². The van der Waals surface area contributed by atoms with Gasteiger partial charge in [0.2, 0.25) is 5.96 Å². The van der Waals surface area contributed by atoms with Crippen LogP contribution in [0.25, 0.3) is 0 Å². The fourth-order valence-electron chi connectivity index (χ4n) is 0.960. The number of nitrogens with zero attached hydrogens (tertiary/aromatic N) is 2. The van der Waals surface area contributed by atoms with E-state index in [1.165, 1.54) is 0 Å². The molecule has 0 spiro atoms. The number of aliphatic imine (C=N–C) groups is 2. The van der Waals surface area contributed by atoms with Crippen molar-refractivity contribution in [3.63, 3.8) is 0 Å². The topological polar surface area (TPSA) is 103 Å². The highest BCUT2D eigenvalue weighted by Gasteiger charge is 1.97. The van der Waals surface area contributed by atoms with Gasteiger partial charge in [-0.3, -0.25) is 0 Å². The summed E-state index contributed by atoms with van der Waals surface area (Å²) in [6, 6.07) is 7.35. The van der Waals surface area contributed by atoms with E-state index in [1.54, 1.807) is 6.07 Å². The van der Waals surface area contributed by atoms with Crippen molar-refractivity contribution < 1.29 is 0 Å². The maximum atomic E-state index is 5.92. The fraction of sp³-hybridized carbons (Fsp3) is 0.111. The minimum absolute atomic E-state index is 0. The van der Waals surface area contributed by atoms with Crippen LogP contribution in [0.3, 0.4) is 0 Å². The first-order valence-electron chi connectivity index (χ1n) is 4.22. The Balaban J connectivity index is 0.00000225. The summed E-state index contributed by atoms with van der Waals surface area (Å²) in [7, 11) is 0. The lowest BCUT2D eigenvalue weighted by molar-refractivity contribution is 1.05. The lowest BCUT2D eigenvalue weighted by Crippen LogP contribution is -2.26. The summed E-state index contributed by atoms with van der Waals surface area (Å²) in [6.45, 7) is 0.349. The highest BCUT2D eigenvalue weighted by molar-refractivity contribution is 6.31. The monoisotopic (exact) mass is 261 g/mol. The highest BCUT2D eigenvalue weighted by atomic mass is 35.5. The van der Waals surface area contributed by atoms with Gasteiger partial charge in [0.25, 0.3) is 0 Å². The first-order chi connectivity index (χ1) is 7.09.